The number of anilines is 2. The van der Waals surface area contributed by atoms with E-state index in [0.29, 0.717) is 29.1 Å². The Bertz CT molecular complexity index is 1220. The summed E-state index contributed by atoms with van der Waals surface area (Å²) in [5, 5.41) is 6.81. The van der Waals surface area contributed by atoms with Crippen LogP contribution in [0.3, 0.4) is 0 Å². The fourth-order valence-corrected chi connectivity index (χ4v) is 4.70. The number of aromatic amines is 1. The molecule has 1 aliphatic rings. The van der Waals surface area contributed by atoms with Gasteiger partial charge in [-0.05, 0) is 68.6 Å². The minimum absolute atomic E-state index is 0.0614. The van der Waals surface area contributed by atoms with Crippen LogP contribution in [0.4, 0.5) is 16.2 Å². The standard InChI is InChI=1S/C24H29BrN6O3/c1-14-16(8-5-9-26-14)22(32)30-18-12-28-21-19(18)20(17(25)11-27-21)31-10-6-7-15(13-31)29-23(33)34-24(2,3)4/h5,8-9,11-12,15H,6-7,10,13H2,1-4H3,(H,27,28)(H,29,33)(H,30,32). The number of halogens is 1. The first-order valence-corrected chi connectivity index (χ1v) is 12.0. The summed E-state index contributed by atoms with van der Waals surface area (Å²) in [6.45, 7) is 8.76. The zero-order valence-electron chi connectivity index (χ0n) is 19.7. The SMILES string of the molecule is Cc1ncccc1C(=O)Nc1c[nH]c2ncc(Br)c(N3CCCC(NC(=O)OC(C)(C)C)C3)c12. The monoisotopic (exact) mass is 528 g/mol. The van der Waals surface area contributed by atoms with Gasteiger partial charge in [0.2, 0.25) is 0 Å². The van der Waals surface area contributed by atoms with Crippen LogP contribution in [0.2, 0.25) is 0 Å². The molecule has 34 heavy (non-hydrogen) atoms. The molecule has 1 unspecified atom stereocenters. The molecular formula is C24H29BrN6O3. The third-order valence-electron chi connectivity index (χ3n) is 5.59. The number of aryl methyl sites for hydroxylation is 1. The maximum atomic E-state index is 13.0. The van der Waals surface area contributed by atoms with Gasteiger partial charge in [-0.25, -0.2) is 9.78 Å². The molecule has 1 fully saturated rings. The van der Waals surface area contributed by atoms with Crippen LogP contribution in [0.15, 0.2) is 35.2 Å². The molecule has 0 aliphatic carbocycles. The van der Waals surface area contributed by atoms with Gasteiger partial charge in [0.1, 0.15) is 11.2 Å². The van der Waals surface area contributed by atoms with E-state index in [1.54, 1.807) is 37.6 Å². The number of alkyl carbamates (subject to hydrolysis) is 1. The van der Waals surface area contributed by atoms with Crippen molar-refractivity contribution in [3.05, 3.63) is 46.5 Å². The zero-order valence-corrected chi connectivity index (χ0v) is 21.3. The second kappa shape index (κ2) is 9.61. The molecular weight excluding hydrogens is 500 g/mol. The second-order valence-electron chi connectivity index (χ2n) is 9.40. The van der Waals surface area contributed by atoms with Gasteiger partial charge in [-0.3, -0.25) is 9.78 Å². The van der Waals surface area contributed by atoms with Crippen molar-refractivity contribution in [3.63, 3.8) is 0 Å². The van der Waals surface area contributed by atoms with Gasteiger partial charge in [0.15, 0.2) is 0 Å². The summed E-state index contributed by atoms with van der Waals surface area (Å²) in [5.41, 5.74) is 2.84. The molecule has 9 nitrogen and oxygen atoms in total. The van der Waals surface area contributed by atoms with Gasteiger partial charge in [-0.1, -0.05) is 0 Å². The Kier molecular flexibility index (Phi) is 6.79. The van der Waals surface area contributed by atoms with Gasteiger partial charge in [0.05, 0.1) is 26.8 Å². The topological polar surface area (TPSA) is 112 Å². The number of hydrogen-bond donors (Lipinski definition) is 3. The molecule has 0 saturated carbocycles. The minimum Gasteiger partial charge on any atom is -0.444 e. The lowest BCUT2D eigenvalue weighted by Crippen LogP contribution is -2.49. The molecule has 4 heterocycles. The van der Waals surface area contributed by atoms with Crippen LogP contribution in [0, 0.1) is 6.92 Å². The average Bonchev–Trinajstić information content (AvgIpc) is 3.15. The van der Waals surface area contributed by atoms with E-state index in [-0.39, 0.29) is 11.9 Å². The Morgan fingerprint density at radius 2 is 2.09 bits per heavy atom. The van der Waals surface area contributed by atoms with Crippen molar-refractivity contribution >= 4 is 50.3 Å². The molecule has 10 heteroatoms. The number of nitrogens with zero attached hydrogens (tertiary/aromatic N) is 3. The Morgan fingerprint density at radius 3 is 2.82 bits per heavy atom. The molecule has 2 amide bonds. The highest BCUT2D eigenvalue weighted by atomic mass is 79.9. The smallest absolute Gasteiger partial charge is 0.407 e. The number of carbonyl (C=O) groups is 2. The Balaban J connectivity index is 1.60. The van der Waals surface area contributed by atoms with Crippen molar-refractivity contribution in [1.82, 2.24) is 20.3 Å². The van der Waals surface area contributed by atoms with Crippen LogP contribution in [0.25, 0.3) is 11.0 Å². The summed E-state index contributed by atoms with van der Waals surface area (Å²) in [6.07, 6.45) is 6.50. The molecule has 1 aliphatic heterocycles. The number of pyridine rings is 2. The first kappa shape index (κ1) is 24.0. The van der Waals surface area contributed by atoms with Crippen molar-refractivity contribution in [2.24, 2.45) is 0 Å². The van der Waals surface area contributed by atoms with Gasteiger partial charge in [0, 0.05) is 43.4 Å². The number of aromatic nitrogens is 3. The number of rotatable bonds is 4. The largest absolute Gasteiger partial charge is 0.444 e. The number of carbonyl (C=O) groups excluding carboxylic acids is 2. The van der Waals surface area contributed by atoms with Gasteiger partial charge < -0.3 is 25.3 Å². The van der Waals surface area contributed by atoms with Crippen LogP contribution in [0.5, 0.6) is 0 Å². The summed E-state index contributed by atoms with van der Waals surface area (Å²) in [5.74, 6) is -0.236. The average molecular weight is 529 g/mol. The molecule has 1 atom stereocenters. The molecule has 3 N–H and O–H groups in total. The number of ether oxygens (including phenoxy) is 1. The van der Waals surface area contributed by atoms with Crippen LogP contribution in [0.1, 0.15) is 49.7 Å². The van der Waals surface area contributed by atoms with E-state index in [0.717, 1.165) is 34.9 Å². The summed E-state index contributed by atoms with van der Waals surface area (Å²) in [6, 6.07) is 3.43. The van der Waals surface area contributed by atoms with E-state index in [1.807, 2.05) is 20.8 Å². The summed E-state index contributed by atoms with van der Waals surface area (Å²) >= 11 is 3.65. The predicted octanol–water partition coefficient (Wildman–Crippen LogP) is 4.77. The lowest BCUT2D eigenvalue weighted by atomic mass is 10.0. The first-order chi connectivity index (χ1) is 16.1. The first-order valence-electron chi connectivity index (χ1n) is 11.3. The summed E-state index contributed by atoms with van der Waals surface area (Å²) in [4.78, 5) is 39.3. The van der Waals surface area contributed by atoms with Crippen LogP contribution in [-0.2, 0) is 4.74 Å². The molecule has 0 radical (unpaired) electrons. The van der Waals surface area contributed by atoms with Crippen molar-refractivity contribution in [3.8, 4) is 0 Å². The number of hydrogen-bond acceptors (Lipinski definition) is 6. The lowest BCUT2D eigenvalue weighted by Gasteiger charge is -2.36. The molecule has 3 aromatic rings. The van der Waals surface area contributed by atoms with Crippen LogP contribution in [-0.4, -0.2) is 51.7 Å². The normalized spacial score (nSPS) is 16.4. The highest BCUT2D eigenvalue weighted by Gasteiger charge is 2.28. The van der Waals surface area contributed by atoms with E-state index in [4.69, 9.17) is 4.74 Å². The lowest BCUT2D eigenvalue weighted by molar-refractivity contribution is 0.0500. The van der Waals surface area contributed by atoms with Crippen LogP contribution >= 0.6 is 15.9 Å². The molecule has 0 bridgehead atoms. The Hall–Kier alpha value is -3.14. The molecule has 180 valence electrons. The summed E-state index contributed by atoms with van der Waals surface area (Å²) in [7, 11) is 0. The second-order valence-corrected chi connectivity index (χ2v) is 10.3. The van der Waals surface area contributed by atoms with Crippen molar-refractivity contribution in [2.45, 2.75) is 52.2 Å². The fourth-order valence-electron chi connectivity index (χ4n) is 4.15. The van der Waals surface area contributed by atoms with Crippen molar-refractivity contribution in [2.75, 3.05) is 23.3 Å². The van der Waals surface area contributed by atoms with Gasteiger partial charge in [-0.15, -0.1) is 0 Å². The Labute approximate surface area is 206 Å². The van der Waals surface area contributed by atoms with Gasteiger partial charge in [-0.2, -0.15) is 0 Å². The third kappa shape index (κ3) is 5.32. The molecule has 3 aromatic heterocycles. The summed E-state index contributed by atoms with van der Waals surface area (Å²) < 4.78 is 6.24. The number of H-pyrrole nitrogens is 1. The van der Waals surface area contributed by atoms with Gasteiger partial charge >= 0.3 is 6.09 Å². The van der Waals surface area contributed by atoms with E-state index in [1.165, 1.54) is 0 Å². The highest BCUT2D eigenvalue weighted by Crippen LogP contribution is 2.39. The van der Waals surface area contributed by atoms with Gasteiger partial charge in [0.25, 0.3) is 5.91 Å². The maximum absolute atomic E-state index is 13.0. The van der Waals surface area contributed by atoms with Crippen LogP contribution < -0.4 is 15.5 Å². The zero-order chi connectivity index (χ0) is 24.5. The molecule has 4 rings (SSSR count). The molecule has 0 spiro atoms. The molecule has 0 aromatic carbocycles. The fraction of sp³-hybridized carbons (Fsp3) is 0.417. The number of fused-ring (bicyclic) bond motifs is 1. The van der Waals surface area contributed by atoms with E-state index in [2.05, 4.69) is 46.4 Å². The van der Waals surface area contributed by atoms with E-state index < -0.39 is 11.7 Å². The number of amides is 2. The van der Waals surface area contributed by atoms with Crippen molar-refractivity contribution < 1.29 is 14.3 Å². The van der Waals surface area contributed by atoms with Crippen molar-refractivity contribution in [1.29, 1.82) is 0 Å². The number of nitrogens with one attached hydrogen (secondary N) is 3. The third-order valence-corrected chi connectivity index (χ3v) is 6.17. The van der Waals surface area contributed by atoms with E-state index in [9.17, 15) is 9.59 Å². The maximum Gasteiger partial charge on any atom is 0.407 e. The highest BCUT2D eigenvalue weighted by molar-refractivity contribution is 9.10. The quantitative estimate of drug-likeness (QED) is 0.449. The predicted molar refractivity (Wildman–Crippen MR) is 135 cm³/mol. The minimum atomic E-state index is -0.552. The molecule has 1 saturated heterocycles. The Morgan fingerprint density at radius 1 is 1.29 bits per heavy atom. The number of piperidine rings is 1. The van der Waals surface area contributed by atoms with E-state index >= 15 is 0 Å².